The van der Waals surface area contributed by atoms with Crippen molar-refractivity contribution in [2.24, 2.45) is 0 Å². The molecule has 1 aliphatic carbocycles. The molecular formula is C23H29NO6. The van der Waals surface area contributed by atoms with Crippen LogP contribution in [0.3, 0.4) is 0 Å². The first-order valence-electron chi connectivity index (χ1n) is 10.6. The fourth-order valence-corrected chi connectivity index (χ4v) is 4.04. The van der Waals surface area contributed by atoms with Crippen molar-refractivity contribution in [3.63, 3.8) is 0 Å². The minimum atomic E-state index is -0.861. The average molecular weight is 415 g/mol. The first-order valence-corrected chi connectivity index (χ1v) is 10.6. The van der Waals surface area contributed by atoms with Gasteiger partial charge >= 0.3 is 11.6 Å². The molecule has 1 aromatic heterocycles. The monoisotopic (exact) mass is 415 g/mol. The Morgan fingerprint density at radius 1 is 1.20 bits per heavy atom. The van der Waals surface area contributed by atoms with Crippen molar-refractivity contribution in [2.75, 3.05) is 13.2 Å². The lowest BCUT2D eigenvalue weighted by Gasteiger charge is -2.35. The Labute approximate surface area is 175 Å². The molecule has 0 unspecified atom stereocenters. The fourth-order valence-electron chi connectivity index (χ4n) is 4.04. The minimum Gasteiger partial charge on any atom is -0.482 e. The first kappa shape index (κ1) is 21.9. The Kier molecular flexibility index (Phi) is 7.13. The average Bonchev–Trinajstić information content (AvgIpc) is 2.73. The van der Waals surface area contributed by atoms with E-state index in [-0.39, 0.29) is 18.6 Å². The van der Waals surface area contributed by atoms with Gasteiger partial charge in [0.25, 0.3) is 5.91 Å². The van der Waals surface area contributed by atoms with Gasteiger partial charge in [-0.2, -0.15) is 0 Å². The Bertz CT molecular complexity index is 960. The molecule has 7 heteroatoms. The summed E-state index contributed by atoms with van der Waals surface area (Å²) < 4.78 is 16.0. The third kappa shape index (κ3) is 5.20. The van der Waals surface area contributed by atoms with Crippen LogP contribution in [0.25, 0.3) is 11.0 Å². The van der Waals surface area contributed by atoms with Crippen molar-refractivity contribution in [1.29, 1.82) is 0 Å². The van der Waals surface area contributed by atoms with Crippen LogP contribution in [0.5, 0.6) is 5.75 Å². The predicted octanol–water partition coefficient (Wildman–Crippen LogP) is 3.59. The standard InChI is InChI=1S/C23H29NO6/c1-4-24(17-8-6-5-7-9-17)23(27)16(3)29-22(26)14-28-18-10-11-19-15(2)12-21(25)30-20(19)13-18/h10-13,16-17H,4-9,14H2,1-3H3/t16-/m1/s1. The lowest BCUT2D eigenvalue weighted by molar-refractivity contribution is -0.161. The van der Waals surface area contributed by atoms with E-state index < -0.39 is 17.7 Å². The van der Waals surface area contributed by atoms with Gasteiger partial charge in [-0.15, -0.1) is 0 Å². The van der Waals surface area contributed by atoms with Crippen LogP contribution in [0.2, 0.25) is 0 Å². The van der Waals surface area contributed by atoms with E-state index in [0.717, 1.165) is 36.6 Å². The summed E-state index contributed by atoms with van der Waals surface area (Å²) in [6.45, 7) is 5.63. The molecule has 1 aliphatic rings. The van der Waals surface area contributed by atoms with Crippen LogP contribution in [0.15, 0.2) is 33.5 Å². The van der Waals surface area contributed by atoms with Crippen LogP contribution in [0.4, 0.5) is 0 Å². The molecule has 1 heterocycles. The number of amides is 1. The van der Waals surface area contributed by atoms with Crippen molar-refractivity contribution in [1.82, 2.24) is 4.90 Å². The third-order valence-electron chi connectivity index (χ3n) is 5.57. The van der Waals surface area contributed by atoms with Crippen LogP contribution in [0, 0.1) is 6.92 Å². The van der Waals surface area contributed by atoms with E-state index in [2.05, 4.69) is 0 Å². The lowest BCUT2D eigenvalue weighted by Crippen LogP contribution is -2.46. The molecule has 30 heavy (non-hydrogen) atoms. The second-order valence-electron chi connectivity index (χ2n) is 7.74. The zero-order chi connectivity index (χ0) is 21.7. The van der Waals surface area contributed by atoms with Gasteiger partial charge in [-0.05, 0) is 51.3 Å². The van der Waals surface area contributed by atoms with Crippen molar-refractivity contribution < 1.29 is 23.5 Å². The number of fused-ring (bicyclic) bond motifs is 1. The normalized spacial score (nSPS) is 15.6. The number of rotatable bonds is 7. The second kappa shape index (κ2) is 9.78. The number of carbonyl (C=O) groups excluding carboxylic acids is 2. The molecule has 1 amide bonds. The molecular weight excluding hydrogens is 386 g/mol. The van der Waals surface area contributed by atoms with Crippen LogP contribution >= 0.6 is 0 Å². The van der Waals surface area contributed by atoms with E-state index >= 15 is 0 Å². The number of benzene rings is 1. The second-order valence-corrected chi connectivity index (χ2v) is 7.74. The van der Waals surface area contributed by atoms with E-state index in [0.29, 0.717) is 17.9 Å². The van der Waals surface area contributed by atoms with E-state index in [1.807, 2.05) is 18.7 Å². The number of hydrogen-bond donors (Lipinski definition) is 0. The van der Waals surface area contributed by atoms with Crippen molar-refractivity contribution in [2.45, 2.75) is 65.0 Å². The predicted molar refractivity (Wildman–Crippen MR) is 113 cm³/mol. The Hall–Kier alpha value is -2.83. The summed E-state index contributed by atoms with van der Waals surface area (Å²) >= 11 is 0. The number of aryl methyl sites for hydroxylation is 1. The number of nitrogens with zero attached hydrogens (tertiary/aromatic N) is 1. The molecule has 1 atom stereocenters. The van der Waals surface area contributed by atoms with Crippen molar-refractivity contribution >= 4 is 22.8 Å². The topological polar surface area (TPSA) is 86.0 Å². The maximum absolute atomic E-state index is 12.8. The van der Waals surface area contributed by atoms with Crippen LogP contribution in [0.1, 0.15) is 51.5 Å². The van der Waals surface area contributed by atoms with Crippen LogP contribution in [-0.2, 0) is 14.3 Å². The molecule has 162 valence electrons. The number of hydrogen-bond acceptors (Lipinski definition) is 6. The summed E-state index contributed by atoms with van der Waals surface area (Å²) in [5, 5.41) is 0.797. The Balaban J connectivity index is 1.56. The van der Waals surface area contributed by atoms with Gasteiger partial charge in [-0.25, -0.2) is 9.59 Å². The van der Waals surface area contributed by atoms with Gasteiger partial charge < -0.3 is 18.8 Å². The van der Waals surface area contributed by atoms with Crippen molar-refractivity contribution in [3.05, 3.63) is 40.2 Å². The zero-order valence-electron chi connectivity index (χ0n) is 17.8. The van der Waals surface area contributed by atoms with Gasteiger partial charge in [0, 0.05) is 30.1 Å². The maximum Gasteiger partial charge on any atom is 0.344 e. The number of likely N-dealkylation sites (N-methyl/N-ethyl adjacent to an activating group) is 1. The van der Waals surface area contributed by atoms with Gasteiger partial charge in [-0.1, -0.05) is 19.3 Å². The minimum absolute atomic E-state index is 0.166. The molecule has 0 aliphatic heterocycles. The SMILES string of the molecule is CCN(C(=O)[C@@H](C)OC(=O)COc1ccc2c(C)cc(=O)oc2c1)C1CCCCC1. The highest BCUT2D eigenvalue weighted by Crippen LogP contribution is 2.24. The highest BCUT2D eigenvalue weighted by molar-refractivity contribution is 5.84. The van der Waals surface area contributed by atoms with E-state index in [1.165, 1.54) is 12.5 Å². The van der Waals surface area contributed by atoms with Gasteiger partial charge in [0.15, 0.2) is 12.7 Å². The first-order chi connectivity index (χ1) is 14.4. The fraction of sp³-hybridized carbons (Fsp3) is 0.522. The van der Waals surface area contributed by atoms with Gasteiger partial charge in [0.2, 0.25) is 0 Å². The van der Waals surface area contributed by atoms with Gasteiger partial charge in [-0.3, -0.25) is 4.79 Å². The summed E-state index contributed by atoms with van der Waals surface area (Å²) in [4.78, 5) is 38.3. The number of carbonyl (C=O) groups is 2. The Morgan fingerprint density at radius 3 is 2.63 bits per heavy atom. The zero-order valence-corrected chi connectivity index (χ0v) is 17.8. The van der Waals surface area contributed by atoms with E-state index in [4.69, 9.17) is 13.9 Å². The van der Waals surface area contributed by atoms with Gasteiger partial charge in [0.05, 0.1) is 0 Å². The molecule has 0 radical (unpaired) electrons. The molecule has 7 nitrogen and oxygen atoms in total. The molecule has 0 N–H and O–H groups in total. The van der Waals surface area contributed by atoms with E-state index in [1.54, 1.807) is 25.1 Å². The number of ether oxygens (including phenoxy) is 2. The molecule has 0 saturated heterocycles. The maximum atomic E-state index is 12.8. The lowest BCUT2D eigenvalue weighted by atomic mass is 9.94. The highest BCUT2D eigenvalue weighted by atomic mass is 16.6. The number of esters is 1. The van der Waals surface area contributed by atoms with Crippen LogP contribution < -0.4 is 10.4 Å². The molecule has 0 spiro atoms. The van der Waals surface area contributed by atoms with E-state index in [9.17, 15) is 14.4 Å². The Morgan fingerprint density at radius 2 is 1.93 bits per heavy atom. The van der Waals surface area contributed by atoms with Crippen molar-refractivity contribution in [3.8, 4) is 5.75 Å². The highest BCUT2D eigenvalue weighted by Gasteiger charge is 2.29. The largest absolute Gasteiger partial charge is 0.482 e. The third-order valence-corrected chi connectivity index (χ3v) is 5.57. The summed E-state index contributed by atoms with van der Waals surface area (Å²) in [5.41, 5.74) is 0.751. The molecule has 1 fully saturated rings. The summed E-state index contributed by atoms with van der Waals surface area (Å²) in [6, 6.07) is 6.67. The molecule has 0 bridgehead atoms. The van der Waals surface area contributed by atoms with Crippen LogP contribution in [-0.4, -0.2) is 42.1 Å². The summed E-state index contributed by atoms with van der Waals surface area (Å²) in [5.74, 6) is -0.411. The molecule has 3 rings (SSSR count). The molecule has 1 aromatic carbocycles. The molecule has 2 aromatic rings. The summed E-state index contributed by atoms with van der Waals surface area (Å²) in [6.07, 6.45) is 4.60. The van der Waals surface area contributed by atoms with Gasteiger partial charge in [0.1, 0.15) is 11.3 Å². The smallest absolute Gasteiger partial charge is 0.344 e. The molecule has 1 saturated carbocycles. The quantitative estimate of drug-likeness (QED) is 0.507. The summed E-state index contributed by atoms with van der Waals surface area (Å²) in [7, 11) is 0.